The van der Waals surface area contributed by atoms with Crippen molar-refractivity contribution in [3.8, 4) is 0 Å². The standard InChI is InChI=1S/C26H38O9/c1-12-17-10-26(24(6,7)32)11-19(33-14(3)27)13(2)21(26)22(31)23(35-16(5)29)25(17,8)20(9-18(12)30)34-15(4)28/h17-20,22-23,30-32H,1,9-11H2,2-8H3/t17-,18+,19+,20+,22-,23+,25+,26+/m1/s1. The predicted octanol–water partition coefficient (Wildman–Crippen LogP) is 1.97. The first kappa shape index (κ1) is 27.4. The first-order valence-corrected chi connectivity index (χ1v) is 12.0. The van der Waals surface area contributed by atoms with E-state index < -0.39 is 70.8 Å². The number of hydrogen-bond acceptors (Lipinski definition) is 9. The van der Waals surface area contributed by atoms with Crippen molar-refractivity contribution in [2.75, 3.05) is 0 Å². The Bertz CT molecular complexity index is 960. The average Bonchev–Trinajstić information content (AvgIpc) is 2.94. The molecule has 0 spiro atoms. The van der Waals surface area contributed by atoms with Crippen LogP contribution in [-0.4, -0.2) is 69.3 Å². The molecule has 8 atom stereocenters. The van der Waals surface area contributed by atoms with Gasteiger partial charge in [0.2, 0.25) is 0 Å². The summed E-state index contributed by atoms with van der Waals surface area (Å²) in [4.78, 5) is 36.2. The summed E-state index contributed by atoms with van der Waals surface area (Å²) in [6, 6.07) is 0. The molecule has 0 aromatic rings. The van der Waals surface area contributed by atoms with Crippen molar-refractivity contribution >= 4 is 17.9 Å². The van der Waals surface area contributed by atoms with Crippen LogP contribution < -0.4 is 0 Å². The number of carbonyl (C=O) groups excluding carboxylic acids is 3. The lowest BCUT2D eigenvalue weighted by Gasteiger charge is -2.53. The summed E-state index contributed by atoms with van der Waals surface area (Å²) >= 11 is 0. The fourth-order valence-corrected chi connectivity index (χ4v) is 6.78. The lowest BCUT2D eigenvalue weighted by atomic mass is 9.56. The molecule has 0 heterocycles. The third kappa shape index (κ3) is 4.32. The molecule has 3 aliphatic rings. The Morgan fingerprint density at radius 2 is 1.54 bits per heavy atom. The quantitative estimate of drug-likeness (QED) is 0.304. The number of aliphatic hydroxyl groups excluding tert-OH is 2. The van der Waals surface area contributed by atoms with Gasteiger partial charge in [0.1, 0.15) is 24.4 Å². The van der Waals surface area contributed by atoms with E-state index in [0.717, 1.165) is 0 Å². The van der Waals surface area contributed by atoms with E-state index in [1.165, 1.54) is 20.8 Å². The van der Waals surface area contributed by atoms with Crippen LogP contribution in [0.5, 0.6) is 0 Å². The van der Waals surface area contributed by atoms with Gasteiger partial charge < -0.3 is 29.5 Å². The molecule has 35 heavy (non-hydrogen) atoms. The second kappa shape index (κ2) is 9.01. The maximum atomic E-state index is 12.3. The Hall–Kier alpha value is -2.23. The minimum Gasteiger partial charge on any atom is -0.462 e. The molecule has 0 aliphatic heterocycles. The number of carbonyl (C=O) groups is 3. The van der Waals surface area contributed by atoms with Gasteiger partial charge >= 0.3 is 17.9 Å². The van der Waals surface area contributed by atoms with Gasteiger partial charge in [0.25, 0.3) is 0 Å². The van der Waals surface area contributed by atoms with Crippen molar-refractivity contribution in [1.82, 2.24) is 0 Å². The maximum absolute atomic E-state index is 12.3. The van der Waals surface area contributed by atoms with Gasteiger partial charge in [-0.25, -0.2) is 0 Å². The van der Waals surface area contributed by atoms with Crippen LogP contribution in [0.2, 0.25) is 0 Å². The topological polar surface area (TPSA) is 140 Å². The third-order valence-electron chi connectivity index (χ3n) is 8.54. The Morgan fingerprint density at radius 3 is 2.03 bits per heavy atom. The monoisotopic (exact) mass is 494 g/mol. The van der Waals surface area contributed by atoms with Gasteiger partial charge in [-0.3, -0.25) is 14.4 Å². The van der Waals surface area contributed by atoms with Gasteiger partial charge in [-0.1, -0.05) is 13.5 Å². The van der Waals surface area contributed by atoms with Crippen LogP contribution in [0.4, 0.5) is 0 Å². The third-order valence-corrected chi connectivity index (χ3v) is 8.54. The molecule has 0 amide bonds. The van der Waals surface area contributed by atoms with Crippen molar-refractivity contribution in [1.29, 1.82) is 0 Å². The zero-order valence-electron chi connectivity index (χ0n) is 21.6. The highest BCUT2D eigenvalue weighted by atomic mass is 16.6. The summed E-state index contributed by atoms with van der Waals surface area (Å²) in [6.07, 6.45) is -4.78. The molecule has 0 aromatic carbocycles. The van der Waals surface area contributed by atoms with Crippen LogP contribution >= 0.6 is 0 Å². The van der Waals surface area contributed by atoms with Gasteiger partial charge in [0.15, 0.2) is 0 Å². The molecule has 9 nitrogen and oxygen atoms in total. The highest BCUT2D eigenvalue weighted by molar-refractivity contribution is 5.68. The van der Waals surface area contributed by atoms with Crippen molar-refractivity contribution < 1.29 is 43.9 Å². The summed E-state index contributed by atoms with van der Waals surface area (Å²) in [5.41, 5.74) is -2.24. The van der Waals surface area contributed by atoms with Crippen LogP contribution in [0.25, 0.3) is 0 Å². The van der Waals surface area contributed by atoms with E-state index in [4.69, 9.17) is 14.2 Å². The largest absolute Gasteiger partial charge is 0.462 e. The predicted molar refractivity (Wildman–Crippen MR) is 125 cm³/mol. The molecule has 3 N–H and O–H groups in total. The molecule has 3 rings (SSSR count). The first-order chi connectivity index (χ1) is 16.0. The number of fused-ring (bicyclic) bond motifs is 2. The minimum atomic E-state index is -1.41. The van der Waals surface area contributed by atoms with E-state index in [0.29, 0.717) is 16.7 Å². The number of aliphatic hydroxyl groups is 3. The fourth-order valence-electron chi connectivity index (χ4n) is 6.78. The summed E-state index contributed by atoms with van der Waals surface area (Å²) in [5.74, 6) is -2.34. The molecule has 0 aromatic heterocycles. The molecule has 2 saturated carbocycles. The van der Waals surface area contributed by atoms with E-state index in [1.807, 2.05) is 0 Å². The van der Waals surface area contributed by atoms with Crippen LogP contribution in [0, 0.1) is 16.7 Å². The van der Waals surface area contributed by atoms with Crippen LogP contribution in [-0.2, 0) is 28.6 Å². The van der Waals surface area contributed by atoms with Gasteiger partial charge in [0.05, 0.1) is 17.1 Å². The van der Waals surface area contributed by atoms with Crippen LogP contribution in [0.15, 0.2) is 23.3 Å². The molecule has 2 fully saturated rings. The van der Waals surface area contributed by atoms with Crippen molar-refractivity contribution in [3.05, 3.63) is 23.3 Å². The van der Waals surface area contributed by atoms with Gasteiger partial charge in [-0.2, -0.15) is 0 Å². The summed E-state index contributed by atoms with van der Waals surface area (Å²) in [5, 5.41) is 34.3. The van der Waals surface area contributed by atoms with Crippen molar-refractivity contribution in [2.45, 2.75) is 104 Å². The van der Waals surface area contributed by atoms with E-state index in [2.05, 4.69) is 6.58 Å². The smallest absolute Gasteiger partial charge is 0.303 e. The lowest BCUT2D eigenvalue weighted by Crippen LogP contribution is -2.59. The Labute approximate surface area is 206 Å². The fraction of sp³-hybridized carbons (Fsp3) is 0.731. The number of ether oxygens (including phenoxy) is 3. The minimum absolute atomic E-state index is 0.0273. The summed E-state index contributed by atoms with van der Waals surface area (Å²) in [6.45, 7) is 14.7. The number of esters is 3. The SMILES string of the molecule is C=C1[C@H]2C[C@]3(C(C)(C)O)C[C@H](OC(C)=O)C(C)=C3[C@@H](O)[C@H](OC(C)=O)[C@]2(C)[C@@H](OC(C)=O)C[C@@H]1O. The number of rotatable bonds is 4. The van der Waals surface area contributed by atoms with E-state index in [9.17, 15) is 29.7 Å². The molecule has 3 aliphatic carbocycles. The highest BCUT2D eigenvalue weighted by Crippen LogP contribution is 2.64. The second-order valence-corrected chi connectivity index (χ2v) is 11.1. The molecule has 0 saturated heterocycles. The zero-order valence-corrected chi connectivity index (χ0v) is 21.6. The van der Waals surface area contributed by atoms with Crippen molar-refractivity contribution in [3.63, 3.8) is 0 Å². The van der Waals surface area contributed by atoms with E-state index in [-0.39, 0.29) is 19.3 Å². The van der Waals surface area contributed by atoms with Crippen LogP contribution in [0.1, 0.15) is 67.7 Å². The molecule has 0 unspecified atom stereocenters. The maximum Gasteiger partial charge on any atom is 0.303 e. The Kier molecular flexibility index (Phi) is 7.05. The second-order valence-electron chi connectivity index (χ2n) is 11.1. The molecule has 0 bridgehead atoms. The van der Waals surface area contributed by atoms with Gasteiger partial charge in [0, 0.05) is 39.0 Å². The normalized spacial score (nSPS) is 39.3. The average molecular weight is 495 g/mol. The van der Waals surface area contributed by atoms with Gasteiger partial charge in [-0.15, -0.1) is 0 Å². The zero-order chi connectivity index (χ0) is 26.7. The lowest BCUT2D eigenvalue weighted by molar-refractivity contribution is -0.195. The molecular weight excluding hydrogens is 456 g/mol. The van der Waals surface area contributed by atoms with E-state index in [1.54, 1.807) is 27.7 Å². The number of hydrogen-bond donors (Lipinski definition) is 3. The first-order valence-electron chi connectivity index (χ1n) is 12.0. The van der Waals surface area contributed by atoms with Gasteiger partial charge in [-0.05, 0) is 49.8 Å². The molecule has 9 heteroatoms. The Balaban J connectivity index is 2.34. The highest BCUT2D eigenvalue weighted by Gasteiger charge is 2.68. The molecular formula is C26H38O9. The Morgan fingerprint density at radius 1 is 1.00 bits per heavy atom. The van der Waals surface area contributed by atoms with Crippen LogP contribution in [0.3, 0.4) is 0 Å². The van der Waals surface area contributed by atoms with Crippen molar-refractivity contribution in [2.24, 2.45) is 16.7 Å². The van der Waals surface area contributed by atoms with E-state index >= 15 is 0 Å². The summed E-state index contributed by atoms with van der Waals surface area (Å²) < 4.78 is 17.0. The molecule has 196 valence electrons. The summed E-state index contributed by atoms with van der Waals surface area (Å²) in [7, 11) is 0. The molecule has 0 radical (unpaired) electrons.